The van der Waals surface area contributed by atoms with Crippen LogP contribution in [0.3, 0.4) is 0 Å². The van der Waals surface area contributed by atoms with Crippen molar-refractivity contribution in [3.8, 4) is 5.88 Å². The summed E-state index contributed by atoms with van der Waals surface area (Å²) in [6, 6.07) is 13.5. The molecule has 1 aromatic carbocycles. The molecule has 18 heavy (non-hydrogen) atoms. The summed E-state index contributed by atoms with van der Waals surface area (Å²) in [6.07, 6.45) is 2.42. The summed E-state index contributed by atoms with van der Waals surface area (Å²) in [6.45, 7) is 0.554. The highest BCUT2D eigenvalue weighted by molar-refractivity contribution is 5.95. The molecule has 0 aliphatic rings. The third-order valence-electron chi connectivity index (χ3n) is 2.53. The standard InChI is InChI=1S/C14H15N3O/c15-14(16)12-6-8-17-13(10-12)18-9-7-11-4-2-1-3-5-11/h1-6,8,10H,7,9H2,(H3,15,16). The van der Waals surface area contributed by atoms with Gasteiger partial charge in [-0.3, -0.25) is 5.41 Å². The molecule has 0 saturated heterocycles. The van der Waals surface area contributed by atoms with Crippen molar-refractivity contribution >= 4 is 5.84 Å². The van der Waals surface area contributed by atoms with Gasteiger partial charge in [-0.25, -0.2) is 4.98 Å². The Morgan fingerprint density at radius 3 is 2.72 bits per heavy atom. The fourth-order valence-electron chi connectivity index (χ4n) is 1.57. The SMILES string of the molecule is N=C(N)c1ccnc(OCCc2ccccc2)c1. The molecule has 0 saturated carbocycles. The van der Waals surface area contributed by atoms with Gasteiger partial charge in [-0.1, -0.05) is 30.3 Å². The minimum atomic E-state index is 0.0188. The molecular formula is C14H15N3O. The predicted molar refractivity (Wildman–Crippen MR) is 70.9 cm³/mol. The lowest BCUT2D eigenvalue weighted by Crippen LogP contribution is -2.11. The molecule has 3 N–H and O–H groups in total. The van der Waals surface area contributed by atoms with E-state index in [0.717, 1.165) is 6.42 Å². The van der Waals surface area contributed by atoms with E-state index in [0.29, 0.717) is 18.1 Å². The molecule has 1 aromatic heterocycles. The summed E-state index contributed by atoms with van der Waals surface area (Å²) in [5.41, 5.74) is 7.25. The van der Waals surface area contributed by atoms with Crippen LogP contribution in [0.15, 0.2) is 48.7 Å². The molecule has 0 radical (unpaired) electrons. The number of pyridine rings is 1. The van der Waals surface area contributed by atoms with Gasteiger partial charge in [-0.05, 0) is 11.6 Å². The summed E-state index contributed by atoms with van der Waals surface area (Å²) in [7, 11) is 0. The Morgan fingerprint density at radius 1 is 1.22 bits per heavy atom. The summed E-state index contributed by atoms with van der Waals surface area (Å²) in [5, 5.41) is 7.34. The van der Waals surface area contributed by atoms with Gasteiger partial charge < -0.3 is 10.5 Å². The number of nitrogens with one attached hydrogen (secondary N) is 1. The zero-order valence-corrected chi connectivity index (χ0v) is 9.97. The number of nitrogens with two attached hydrogens (primary N) is 1. The van der Waals surface area contributed by atoms with Gasteiger partial charge >= 0.3 is 0 Å². The topological polar surface area (TPSA) is 72.0 Å². The number of nitrogen functional groups attached to an aromatic ring is 1. The molecule has 92 valence electrons. The van der Waals surface area contributed by atoms with Crippen LogP contribution < -0.4 is 10.5 Å². The molecule has 0 atom stereocenters. The van der Waals surface area contributed by atoms with Crippen molar-refractivity contribution in [3.63, 3.8) is 0 Å². The van der Waals surface area contributed by atoms with Crippen molar-refractivity contribution in [2.24, 2.45) is 5.73 Å². The van der Waals surface area contributed by atoms with Crippen LogP contribution in [0.4, 0.5) is 0 Å². The molecule has 0 unspecified atom stereocenters. The van der Waals surface area contributed by atoms with E-state index in [9.17, 15) is 0 Å². The number of nitrogens with zero attached hydrogens (tertiary/aromatic N) is 1. The van der Waals surface area contributed by atoms with Crippen LogP contribution in [-0.2, 0) is 6.42 Å². The number of benzene rings is 1. The first-order chi connectivity index (χ1) is 8.75. The molecule has 4 nitrogen and oxygen atoms in total. The molecule has 4 heteroatoms. The number of ether oxygens (including phenoxy) is 1. The van der Waals surface area contributed by atoms with Gasteiger partial charge in [0, 0.05) is 24.2 Å². The lowest BCUT2D eigenvalue weighted by atomic mass is 10.2. The largest absolute Gasteiger partial charge is 0.477 e. The zero-order valence-electron chi connectivity index (χ0n) is 9.97. The molecule has 0 aliphatic carbocycles. The quantitative estimate of drug-likeness (QED) is 0.621. The lowest BCUT2D eigenvalue weighted by molar-refractivity contribution is 0.309. The number of rotatable bonds is 5. The highest BCUT2D eigenvalue weighted by atomic mass is 16.5. The van der Waals surface area contributed by atoms with Crippen LogP contribution in [-0.4, -0.2) is 17.4 Å². The van der Waals surface area contributed by atoms with Crippen molar-refractivity contribution < 1.29 is 4.74 Å². The Labute approximate surface area is 106 Å². The maximum Gasteiger partial charge on any atom is 0.213 e. The van der Waals surface area contributed by atoms with E-state index in [-0.39, 0.29) is 5.84 Å². The number of aromatic nitrogens is 1. The van der Waals surface area contributed by atoms with E-state index in [1.165, 1.54) is 5.56 Å². The first kappa shape index (κ1) is 12.1. The van der Waals surface area contributed by atoms with Crippen LogP contribution in [0.2, 0.25) is 0 Å². The molecule has 1 heterocycles. The Bertz CT molecular complexity index is 526. The maximum absolute atomic E-state index is 7.34. The molecule has 0 aliphatic heterocycles. The highest BCUT2D eigenvalue weighted by Crippen LogP contribution is 2.09. The molecule has 2 aromatic rings. The Kier molecular flexibility index (Phi) is 3.91. The Balaban J connectivity index is 1.90. The Hall–Kier alpha value is -2.36. The maximum atomic E-state index is 7.34. The van der Waals surface area contributed by atoms with E-state index >= 15 is 0 Å². The summed E-state index contributed by atoms with van der Waals surface area (Å²) in [5.74, 6) is 0.518. The van der Waals surface area contributed by atoms with Gasteiger partial charge in [-0.2, -0.15) is 0 Å². The summed E-state index contributed by atoms with van der Waals surface area (Å²) in [4.78, 5) is 4.08. The first-order valence-electron chi connectivity index (χ1n) is 5.73. The second-order valence-corrected chi connectivity index (χ2v) is 3.88. The summed E-state index contributed by atoms with van der Waals surface area (Å²) >= 11 is 0. The molecular weight excluding hydrogens is 226 g/mol. The molecule has 0 spiro atoms. The van der Waals surface area contributed by atoms with Crippen molar-refractivity contribution in [1.82, 2.24) is 4.98 Å². The van der Waals surface area contributed by atoms with Gasteiger partial charge in [0.2, 0.25) is 5.88 Å². The van der Waals surface area contributed by atoms with E-state index in [2.05, 4.69) is 17.1 Å². The minimum Gasteiger partial charge on any atom is -0.477 e. The average molecular weight is 241 g/mol. The van der Waals surface area contributed by atoms with Crippen LogP contribution in [0, 0.1) is 5.41 Å². The first-order valence-corrected chi connectivity index (χ1v) is 5.73. The van der Waals surface area contributed by atoms with Crippen LogP contribution >= 0.6 is 0 Å². The van der Waals surface area contributed by atoms with E-state index in [1.807, 2.05) is 18.2 Å². The Morgan fingerprint density at radius 2 is 2.00 bits per heavy atom. The third-order valence-corrected chi connectivity index (χ3v) is 2.53. The number of amidine groups is 1. The van der Waals surface area contributed by atoms with Crippen molar-refractivity contribution in [2.45, 2.75) is 6.42 Å². The van der Waals surface area contributed by atoms with Crippen LogP contribution in [0.5, 0.6) is 5.88 Å². The van der Waals surface area contributed by atoms with E-state index in [4.69, 9.17) is 15.9 Å². The molecule has 0 fully saturated rings. The minimum absolute atomic E-state index is 0.0188. The van der Waals surface area contributed by atoms with Gasteiger partial charge in [-0.15, -0.1) is 0 Å². The number of hydrogen-bond acceptors (Lipinski definition) is 3. The van der Waals surface area contributed by atoms with E-state index in [1.54, 1.807) is 18.3 Å². The van der Waals surface area contributed by atoms with Crippen molar-refractivity contribution in [1.29, 1.82) is 5.41 Å². The fourth-order valence-corrected chi connectivity index (χ4v) is 1.57. The van der Waals surface area contributed by atoms with Gasteiger partial charge in [0.05, 0.1) is 6.61 Å². The zero-order chi connectivity index (χ0) is 12.8. The molecule has 0 bridgehead atoms. The third kappa shape index (κ3) is 3.31. The second-order valence-electron chi connectivity index (χ2n) is 3.88. The van der Waals surface area contributed by atoms with Gasteiger partial charge in [0.25, 0.3) is 0 Å². The van der Waals surface area contributed by atoms with Crippen LogP contribution in [0.1, 0.15) is 11.1 Å². The highest BCUT2D eigenvalue weighted by Gasteiger charge is 2.00. The van der Waals surface area contributed by atoms with Crippen molar-refractivity contribution in [2.75, 3.05) is 6.61 Å². The van der Waals surface area contributed by atoms with Gasteiger partial charge in [0.15, 0.2) is 0 Å². The second kappa shape index (κ2) is 5.82. The van der Waals surface area contributed by atoms with Crippen molar-refractivity contribution in [3.05, 3.63) is 59.8 Å². The molecule has 2 rings (SSSR count). The van der Waals surface area contributed by atoms with Gasteiger partial charge in [0.1, 0.15) is 5.84 Å². The van der Waals surface area contributed by atoms with Crippen LogP contribution in [0.25, 0.3) is 0 Å². The summed E-state index contributed by atoms with van der Waals surface area (Å²) < 4.78 is 5.54. The normalized spacial score (nSPS) is 10.0. The fraction of sp³-hybridized carbons (Fsp3) is 0.143. The lowest BCUT2D eigenvalue weighted by Gasteiger charge is -2.06. The monoisotopic (exact) mass is 241 g/mol. The van der Waals surface area contributed by atoms with E-state index < -0.39 is 0 Å². The predicted octanol–water partition coefficient (Wildman–Crippen LogP) is 1.99. The number of hydrogen-bond donors (Lipinski definition) is 2. The smallest absolute Gasteiger partial charge is 0.213 e. The average Bonchev–Trinajstić information content (AvgIpc) is 2.40. The molecule has 0 amide bonds.